The van der Waals surface area contributed by atoms with Gasteiger partial charge in [-0.05, 0) is 18.9 Å². The number of hydrogen-bond acceptors (Lipinski definition) is 3. The van der Waals surface area contributed by atoms with Crippen LogP contribution in [0.1, 0.15) is 24.5 Å². The molecule has 1 aromatic rings. The summed E-state index contributed by atoms with van der Waals surface area (Å²) >= 11 is 0. The lowest BCUT2D eigenvalue weighted by molar-refractivity contribution is -0.148. The smallest absolute Gasteiger partial charge is 0.305 e. The summed E-state index contributed by atoms with van der Waals surface area (Å²) in [6.45, 7) is 5.17. The van der Waals surface area contributed by atoms with Gasteiger partial charge in [-0.3, -0.25) is 9.59 Å². The number of ether oxygens (including phenoxy) is 1. The molecule has 2 rings (SSSR count). The first kappa shape index (κ1) is 16.5. The Hall–Kier alpha value is -1.88. The van der Waals surface area contributed by atoms with Crippen LogP contribution in [0.15, 0.2) is 24.3 Å². The minimum atomic E-state index is -0.903. The fourth-order valence-corrected chi connectivity index (χ4v) is 2.76. The largest absolute Gasteiger partial charge is 0.481 e. The number of hydrogen-bond donors (Lipinski definition) is 1. The molecule has 0 aliphatic carbocycles. The average Bonchev–Trinajstić information content (AvgIpc) is 2.49. The second kappa shape index (κ2) is 7.40. The van der Waals surface area contributed by atoms with Crippen LogP contribution in [-0.4, -0.2) is 47.7 Å². The molecule has 5 heteroatoms. The third-order valence-electron chi connectivity index (χ3n) is 4.00. The van der Waals surface area contributed by atoms with Crippen LogP contribution < -0.4 is 0 Å². The normalized spacial score (nSPS) is 19.7. The molecule has 5 nitrogen and oxygen atoms in total. The summed E-state index contributed by atoms with van der Waals surface area (Å²) in [5, 5.41) is 8.97. The second-order valence-electron chi connectivity index (χ2n) is 5.95. The summed E-state index contributed by atoms with van der Waals surface area (Å²) in [6, 6.07) is 7.78. The maximum absolute atomic E-state index is 12.6. The fraction of sp³-hybridized carbons (Fsp3) is 0.529. The van der Waals surface area contributed by atoms with Crippen molar-refractivity contribution in [3.05, 3.63) is 35.4 Å². The van der Waals surface area contributed by atoms with Gasteiger partial charge >= 0.3 is 5.97 Å². The molecular weight excluding hydrogens is 282 g/mol. The molecule has 1 N–H and O–H groups in total. The van der Waals surface area contributed by atoms with Gasteiger partial charge in [-0.15, -0.1) is 0 Å². The Morgan fingerprint density at radius 3 is 2.68 bits per heavy atom. The van der Waals surface area contributed by atoms with Crippen LogP contribution in [0.4, 0.5) is 0 Å². The zero-order chi connectivity index (χ0) is 16.1. The predicted molar refractivity (Wildman–Crippen MR) is 82.6 cm³/mol. The maximum Gasteiger partial charge on any atom is 0.305 e. The number of benzene rings is 1. The standard InChI is InChI=1S/C17H23NO4/c1-12-3-5-14(6-4-12)9-13(2)17(21)18-7-8-22-11-15(18)10-16(19)20/h3-6,13,15H,7-11H2,1-2H3,(H,19,20). The van der Waals surface area contributed by atoms with Crippen molar-refractivity contribution < 1.29 is 19.4 Å². The van der Waals surface area contributed by atoms with Gasteiger partial charge in [-0.2, -0.15) is 0 Å². The summed E-state index contributed by atoms with van der Waals surface area (Å²) in [4.78, 5) is 25.3. The Balaban J connectivity index is 2.01. The number of nitrogens with zero attached hydrogens (tertiary/aromatic N) is 1. The van der Waals surface area contributed by atoms with Crippen LogP contribution in [0.3, 0.4) is 0 Å². The van der Waals surface area contributed by atoms with Crippen molar-refractivity contribution in [2.75, 3.05) is 19.8 Å². The highest BCUT2D eigenvalue weighted by molar-refractivity contribution is 5.80. The van der Waals surface area contributed by atoms with Crippen molar-refractivity contribution >= 4 is 11.9 Å². The highest BCUT2D eigenvalue weighted by Gasteiger charge is 2.31. The third-order valence-corrected chi connectivity index (χ3v) is 4.00. The molecule has 1 aromatic carbocycles. The van der Waals surface area contributed by atoms with E-state index in [4.69, 9.17) is 9.84 Å². The minimum absolute atomic E-state index is 0.00938. The molecule has 2 atom stereocenters. The molecule has 1 aliphatic rings. The molecule has 2 unspecified atom stereocenters. The Labute approximate surface area is 130 Å². The Morgan fingerprint density at radius 1 is 1.36 bits per heavy atom. The molecule has 0 aromatic heterocycles. The molecular formula is C17H23NO4. The lowest BCUT2D eigenvalue weighted by Crippen LogP contribution is -2.51. The van der Waals surface area contributed by atoms with Crippen LogP contribution in [-0.2, 0) is 20.7 Å². The molecule has 0 radical (unpaired) electrons. The summed E-state index contributed by atoms with van der Waals surface area (Å²) in [5.41, 5.74) is 2.31. The van der Waals surface area contributed by atoms with E-state index in [1.165, 1.54) is 5.56 Å². The van der Waals surface area contributed by atoms with E-state index in [9.17, 15) is 9.59 Å². The lowest BCUT2D eigenvalue weighted by atomic mass is 9.97. The van der Waals surface area contributed by atoms with Gasteiger partial charge in [0, 0.05) is 12.5 Å². The molecule has 0 saturated carbocycles. The first-order valence-electron chi connectivity index (χ1n) is 7.63. The monoisotopic (exact) mass is 305 g/mol. The van der Waals surface area contributed by atoms with Crippen LogP contribution in [0.25, 0.3) is 0 Å². The van der Waals surface area contributed by atoms with Gasteiger partial charge in [0.15, 0.2) is 0 Å². The second-order valence-corrected chi connectivity index (χ2v) is 5.95. The van der Waals surface area contributed by atoms with Crippen LogP contribution in [0, 0.1) is 12.8 Å². The summed E-state index contributed by atoms with van der Waals surface area (Å²) in [5.74, 6) is -1.06. The molecule has 120 valence electrons. The number of amides is 1. The van der Waals surface area contributed by atoms with Crippen molar-refractivity contribution in [1.29, 1.82) is 0 Å². The highest BCUT2D eigenvalue weighted by atomic mass is 16.5. The van der Waals surface area contributed by atoms with E-state index in [0.717, 1.165) is 5.56 Å². The topological polar surface area (TPSA) is 66.8 Å². The predicted octanol–water partition coefficient (Wildman–Crippen LogP) is 1.88. The van der Waals surface area contributed by atoms with Crippen LogP contribution in [0.2, 0.25) is 0 Å². The quantitative estimate of drug-likeness (QED) is 0.902. The third kappa shape index (κ3) is 4.31. The van der Waals surface area contributed by atoms with Gasteiger partial charge in [0.25, 0.3) is 0 Å². The minimum Gasteiger partial charge on any atom is -0.481 e. The van der Waals surface area contributed by atoms with Gasteiger partial charge in [0.05, 0.1) is 25.7 Å². The first-order valence-corrected chi connectivity index (χ1v) is 7.63. The van der Waals surface area contributed by atoms with Crippen LogP contribution >= 0.6 is 0 Å². The number of carbonyl (C=O) groups is 2. The molecule has 1 aliphatic heterocycles. The Morgan fingerprint density at radius 2 is 2.05 bits per heavy atom. The number of aryl methyl sites for hydroxylation is 1. The summed E-state index contributed by atoms with van der Waals surface area (Å²) in [7, 11) is 0. The number of aliphatic carboxylic acids is 1. The highest BCUT2D eigenvalue weighted by Crippen LogP contribution is 2.18. The van der Waals surface area contributed by atoms with Crippen molar-refractivity contribution in [2.24, 2.45) is 5.92 Å². The Bertz CT molecular complexity index is 526. The molecule has 0 spiro atoms. The molecule has 1 heterocycles. The van der Waals surface area contributed by atoms with E-state index in [0.29, 0.717) is 26.2 Å². The summed E-state index contributed by atoms with van der Waals surface area (Å²) in [6.07, 6.45) is 0.596. The van der Waals surface area contributed by atoms with E-state index in [2.05, 4.69) is 0 Å². The van der Waals surface area contributed by atoms with Crippen molar-refractivity contribution in [3.63, 3.8) is 0 Å². The van der Waals surface area contributed by atoms with E-state index in [1.54, 1.807) is 4.90 Å². The number of rotatable bonds is 5. The number of carboxylic acid groups (broad SMARTS) is 1. The zero-order valence-electron chi connectivity index (χ0n) is 13.1. The molecule has 0 bridgehead atoms. The fourth-order valence-electron chi connectivity index (χ4n) is 2.76. The van der Waals surface area contributed by atoms with Crippen molar-refractivity contribution in [1.82, 2.24) is 4.90 Å². The van der Waals surface area contributed by atoms with Crippen LogP contribution in [0.5, 0.6) is 0 Å². The summed E-state index contributed by atoms with van der Waals surface area (Å²) < 4.78 is 5.32. The zero-order valence-corrected chi connectivity index (χ0v) is 13.1. The van der Waals surface area contributed by atoms with Gasteiger partial charge in [-0.1, -0.05) is 36.8 Å². The van der Waals surface area contributed by atoms with Crippen molar-refractivity contribution in [2.45, 2.75) is 32.7 Å². The average molecular weight is 305 g/mol. The van der Waals surface area contributed by atoms with Gasteiger partial charge in [-0.25, -0.2) is 0 Å². The first-order chi connectivity index (χ1) is 10.5. The Kier molecular flexibility index (Phi) is 5.55. The van der Waals surface area contributed by atoms with E-state index < -0.39 is 5.97 Å². The number of morpholine rings is 1. The van der Waals surface area contributed by atoms with Gasteiger partial charge in [0.1, 0.15) is 0 Å². The van der Waals surface area contributed by atoms with Gasteiger partial charge < -0.3 is 14.7 Å². The molecule has 1 saturated heterocycles. The molecule has 22 heavy (non-hydrogen) atoms. The number of carbonyl (C=O) groups excluding carboxylic acids is 1. The number of carboxylic acids is 1. The molecule has 1 amide bonds. The van der Waals surface area contributed by atoms with E-state index in [-0.39, 0.29) is 24.3 Å². The van der Waals surface area contributed by atoms with E-state index >= 15 is 0 Å². The maximum atomic E-state index is 12.6. The lowest BCUT2D eigenvalue weighted by Gasteiger charge is -2.36. The van der Waals surface area contributed by atoms with E-state index in [1.807, 2.05) is 38.1 Å². The van der Waals surface area contributed by atoms with Gasteiger partial charge in [0.2, 0.25) is 5.91 Å². The molecule has 1 fully saturated rings. The SMILES string of the molecule is Cc1ccc(CC(C)C(=O)N2CCOCC2CC(=O)O)cc1. The van der Waals surface area contributed by atoms with Crippen molar-refractivity contribution in [3.8, 4) is 0 Å².